The summed E-state index contributed by atoms with van der Waals surface area (Å²) >= 11 is 0. The summed E-state index contributed by atoms with van der Waals surface area (Å²) in [5.74, 6) is -0.477. The van der Waals surface area contributed by atoms with Crippen molar-refractivity contribution in [3.63, 3.8) is 0 Å². The van der Waals surface area contributed by atoms with Crippen LogP contribution in [0.4, 0.5) is 4.39 Å². The van der Waals surface area contributed by atoms with Crippen LogP contribution in [0.1, 0.15) is 26.2 Å². The van der Waals surface area contributed by atoms with E-state index < -0.39 is 15.8 Å². The van der Waals surface area contributed by atoms with E-state index in [1.54, 1.807) is 0 Å². The molecule has 3 atom stereocenters. The molecule has 0 saturated carbocycles. The number of rotatable bonds is 4. The Labute approximate surface area is 154 Å². The van der Waals surface area contributed by atoms with Gasteiger partial charge >= 0.3 is 0 Å². The molecular weight excluding hydrogens is 357 g/mol. The number of benzene rings is 1. The fourth-order valence-electron chi connectivity index (χ4n) is 3.97. The van der Waals surface area contributed by atoms with Gasteiger partial charge in [-0.2, -0.15) is 4.31 Å². The van der Waals surface area contributed by atoms with Crippen molar-refractivity contribution in [2.45, 2.75) is 37.1 Å². The van der Waals surface area contributed by atoms with E-state index in [9.17, 15) is 17.6 Å². The number of carbonyl (C=O) groups excluding carboxylic acids is 1. The first kappa shape index (κ1) is 19.3. The fourth-order valence-corrected chi connectivity index (χ4v) is 5.50. The molecule has 1 aromatic carbocycles. The molecule has 0 aliphatic carbocycles. The minimum absolute atomic E-state index is 0.0208. The predicted octanol–water partition coefficient (Wildman–Crippen LogP) is 1.42. The van der Waals surface area contributed by atoms with Gasteiger partial charge in [-0.05, 0) is 62.9 Å². The minimum atomic E-state index is -3.72. The van der Waals surface area contributed by atoms with E-state index in [1.165, 1.54) is 16.4 Å². The van der Waals surface area contributed by atoms with Gasteiger partial charge in [0, 0.05) is 25.7 Å². The Morgan fingerprint density at radius 3 is 2.58 bits per heavy atom. The molecule has 26 heavy (non-hydrogen) atoms. The Kier molecular flexibility index (Phi) is 5.64. The van der Waals surface area contributed by atoms with Crippen LogP contribution in [0.15, 0.2) is 29.2 Å². The second kappa shape index (κ2) is 7.62. The lowest BCUT2D eigenvalue weighted by molar-refractivity contribution is -0.137. The van der Waals surface area contributed by atoms with Crippen molar-refractivity contribution >= 4 is 15.9 Å². The molecular formula is C18H26FN3O3S. The highest BCUT2D eigenvalue weighted by molar-refractivity contribution is 7.89. The van der Waals surface area contributed by atoms with E-state index in [-0.39, 0.29) is 29.3 Å². The molecule has 2 aliphatic heterocycles. The van der Waals surface area contributed by atoms with Gasteiger partial charge in [0.05, 0.1) is 10.8 Å². The van der Waals surface area contributed by atoms with Gasteiger partial charge in [0.2, 0.25) is 15.9 Å². The van der Waals surface area contributed by atoms with Crippen LogP contribution in [-0.2, 0) is 14.8 Å². The topological polar surface area (TPSA) is 83.7 Å². The molecule has 0 aromatic heterocycles. The number of sulfonamides is 1. The highest BCUT2D eigenvalue weighted by Gasteiger charge is 2.39. The molecule has 0 bridgehead atoms. The number of nitrogens with two attached hydrogens (primary N) is 1. The average molecular weight is 383 g/mol. The molecule has 0 radical (unpaired) electrons. The van der Waals surface area contributed by atoms with Crippen LogP contribution < -0.4 is 5.73 Å². The highest BCUT2D eigenvalue weighted by Crippen LogP contribution is 2.29. The zero-order chi connectivity index (χ0) is 18.9. The molecule has 2 saturated heterocycles. The largest absolute Gasteiger partial charge is 0.339 e. The van der Waals surface area contributed by atoms with Gasteiger partial charge in [0.1, 0.15) is 5.82 Å². The van der Waals surface area contributed by atoms with Crippen LogP contribution >= 0.6 is 0 Å². The molecule has 1 amide bonds. The molecule has 2 heterocycles. The summed E-state index contributed by atoms with van der Waals surface area (Å²) in [6, 6.07) is 4.95. The summed E-state index contributed by atoms with van der Waals surface area (Å²) in [7, 11) is -3.72. The maximum atomic E-state index is 13.1. The number of carbonyl (C=O) groups is 1. The molecule has 144 valence electrons. The van der Waals surface area contributed by atoms with Gasteiger partial charge in [0.25, 0.3) is 0 Å². The Morgan fingerprint density at radius 2 is 1.96 bits per heavy atom. The highest BCUT2D eigenvalue weighted by atomic mass is 32.2. The van der Waals surface area contributed by atoms with E-state index in [1.807, 2.05) is 11.8 Å². The van der Waals surface area contributed by atoms with Gasteiger partial charge < -0.3 is 10.6 Å². The normalized spacial score (nSPS) is 27.7. The number of hydrogen-bond acceptors (Lipinski definition) is 4. The SMILES string of the molecule is CC1CC(CN)CN1C(=O)C1CCCN(S(=O)(=O)c2ccc(F)cc2)C1. The molecule has 6 nitrogen and oxygen atoms in total. The van der Waals surface area contributed by atoms with E-state index in [0.29, 0.717) is 38.4 Å². The molecule has 0 spiro atoms. The van der Waals surface area contributed by atoms with Crippen molar-refractivity contribution in [2.75, 3.05) is 26.2 Å². The quantitative estimate of drug-likeness (QED) is 0.852. The molecule has 2 N–H and O–H groups in total. The second-order valence-corrected chi connectivity index (χ2v) is 9.27. The monoisotopic (exact) mass is 383 g/mol. The standard InChI is InChI=1S/C18H26FN3O3S/c1-13-9-14(10-20)11-22(13)18(23)15-3-2-8-21(12-15)26(24,25)17-6-4-16(19)5-7-17/h4-7,13-15H,2-3,8-12,20H2,1H3. The van der Waals surface area contributed by atoms with Crippen molar-refractivity contribution in [1.82, 2.24) is 9.21 Å². The van der Waals surface area contributed by atoms with Crippen LogP contribution in [0.5, 0.6) is 0 Å². The number of nitrogens with zero attached hydrogens (tertiary/aromatic N) is 2. The smallest absolute Gasteiger partial charge is 0.243 e. The first-order valence-corrected chi connectivity index (χ1v) is 10.5. The lowest BCUT2D eigenvalue weighted by Gasteiger charge is -2.34. The third kappa shape index (κ3) is 3.77. The maximum absolute atomic E-state index is 13.1. The number of halogens is 1. The third-order valence-electron chi connectivity index (χ3n) is 5.46. The van der Waals surface area contributed by atoms with Gasteiger partial charge in [-0.25, -0.2) is 12.8 Å². The van der Waals surface area contributed by atoms with E-state index in [0.717, 1.165) is 18.6 Å². The number of hydrogen-bond donors (Lipinski definition) is 1. The Hall–Kier alpha value is -1.51. The zero-order valence-corrected chi connectivity index (χ0v) is 15.8. The Bertz CT molecular complexity index is 753. The maximum Gasteiger partial charge on any atom is 0.243 e. The molecule has 2 fully saturated rings. The lowest BCUT2D eigenvalue weighted by atomic mass is 9.98. The first-order valence-electron chi connectivity index (χ1n) is 9.09. The first-order chi connectivity index (χ1) is 12.3. The summed E-state index contributed by atoms with van der Waals surface area (Å²) in [4.78, 5) is 14.9. The number of amides is 1. The van der Waals surface area contributed by atoms with Crippen molar-refractivity contribution in [2.24, 2.45) is 17.6 Å². The fraction of sp³-hybridized carbons (Fsp3) is 0.611. The summed E-state index contributed by atoms with van der Waals surface area (Å²) in [5.41, 5.74) is 5.74. The lowest BCUT2D eigenvalue weighted by Crippen LogP contribution is -2.47. The summed E-state index contributed by atoms with van der Waals surface area (Å²) in [5, 5.41) is 0. The van der Waals surface area contributed by atoms with Crippen LogP contribution in [-0.4, -0.2) is 55.8 Å². The van der Waals surface area contributed by atoms with Crippen LogP contribution in [0.2, 0.25) is 0 Å². The van der Waals surface area contributed by atoms with E-state index in [4.69, 9.17) is 5.73 Å². The van der Waals surface area contributed by atoms with E-state index in [2.05, 4.69) is 0 Å². The van der Waals surface area contributed by atoms with Crippen LogP contribution in [0, 0.1) is 17.7 Å². The van der Waals surface area contributed by atoms with Gasteiger partial charge in [-0.3, -0.25) is 4.79 Å². The minimum Gasteiger partial charge on any atom is -0.339 e. The van der Waals surface area contributed by atoms with Crippen molar-refractivity contribution < 1.29 is 17.6 Å². The zero-order valence-electron chi connectivity index (χ0n) is 15.0. The van der Waals surface area contributed by atoms with Gasteiger partial charge in [-0.1, -0.05) is 0 Å². The number of likely N-dealkylation sites (tertiary alicyclic amines) is 1. The van der Waals surface area contributed by atoms with Gasteiger partial charge in [0.15, 0.2) is 0 Å². The van der Waals surface area contributed by atoms with Crippen LogP contribution in [0.25, 0.3) is 0 Å². The second-order valence-electron chi connectivity index (χ2n) is 7.33. The summed E-state index contributed by atoms with van der Waals surface area (Å²) in [6.45, 7) is 3.78. The van der Waals surface area contributed by atoms with Gasteiger partial charge in [-0.15, -0.1) is 0 Å². The summed E-state index contributed by atoms with van der Waals surface area (Å²) in [6.07, 6.45) is 2.22. The Morgan fingerprint density at radius 1 is 1.27 bits per heavy atom. The van der Waals surface area contributed by atoms with E-state index >= 15 is 0 Å². The van der Waals surface area contributed by atoms with Crippen LogP contribution in [0.3, 0.4) is 0 Å². The summed E-state index contributed by atoms with van der Waals surface area (Å²) < 4.78 is 40.1. The Balaban J connectivity index is 1.73. The average Bonchev–Trinajstić information content (AvgIpc) is 3.02. The van der Waals surface area contributed by atoms with Crippen molar-refractivity contribution in [3.8, 4) is 0 Å². The molecule has 3 unspecified atom stereocenters. The third-order valence-corrected chi connectivity index (χ3v) is 7.34. The molecule has 2 aliphatic rings. The predicted molar refractivity (Wildman–Crippen MR) is 96.2 cm³/mol. The molecule has 3 rings (SSSR count). The molecule has 8 heteroatoms. The van der Waals surface area contributed by atoms with Crippen molar-refractivity contribution in [3.05, 3.63) is 30.1 Å². The van der Waals surface area contributed by atoms with Crippen molar-refractivity contribution in [1.29, 1.82) is 0 Å². The number of piperidine rings is 1. The molecule has 1 aromatic rings.